The Balaban J connectivity index is 1.34. The third-order valence-corrected chi connectivity index (χ3v) is 11.4. The topological polar surface area (TPSA) is 100 Å². The molecule has 0 saturated carbocycles. The quantitative estimate of drug-likeness (QED) is 0.0875. The van der Waals surface area contributed by atoms with Crippen molar-refractivity contribution < 1.29 is 18.9 Å². The minimum absolute atomic E-state index is 0.158. The molecule has 1 aliphatic rings. The van der Waals surface area contributed by atoms with E-state index in [0.717, 1.165) is 115 Å². The summed E-state index contributed by atoms with van der Waals surface area (Å²) in [4.78, 5) is 15.0. The van der Waals surface area contributed by atoms with Crippen LogP contribution in [0.5, 0.6) is 23.0 Å². The van der Waals surface area contributed by atoms with Crippen LogP contribution in [0, 0.1) is 21.7 Å². The first-order valence-electron chi connectivity index (χ1n) is 23.1. The molecule has 0 radical (unpaired) electrons. The zero-order valence-electron chi connectivity index (χ0n) is 40.5. The standard InChI is InChI=1S/C56H72N4O4/c1-53(2,3)21-25-61-43-29-37(30-44(35-43)62-26-22-54(4,5)6)51-47-17-13-39(57-47)33-41-15-19-49(59-41)52(50-20-16-42(60-50)34-40-14-18-48(51)58-40)38-31-45(63-27-23-55(7,8)9)36-46(32-38)64-28-24-56(10,11)12/h13-20,29-36,57-60H,21-28H2,1-12H3. The van der Waals surface area contributed by atoms with Gasteiger partial charge in [-0.15, -0.1) is 0 Å². The van der Waals surface area contributed by atoms with Gasteiger partial charge in [0.15, 0.2) is 0 Å². The van der Waals surface area contributed by atoms with Crippen molar-refractivity contribution in [3.8, 4) is 23.0 Å². The monoisotopic (exact) mass is 865 g/mol. The normalized spacial score (nSPS) is 13.4. The molecule has 2 aromatic carbocycles. The molecule has 0 unspecified atom stereocenters. The summed E-state index contributed by atoms with van der Waals surface area (Å²) in [6.45, 7) is 29.4. The van der Waals surface area contributed by atoms with Crippen LogP contribution in [-0.4, -0.2) is 46.4 Å². The molecule has 0 amide bonds. The van der Waals surface area contributed by atoms with Gasteiger partial charge in [-0.05, 0) is 143 Å². The number of H-pyrrole nitrogens is 4. The van der Waals surface area contributed by atoms with E-state index in [1.165, 1.54) is 0 Å². The average Bonchev–Trinajstić information content (AvgIpc) is 4.00. The second-order valence-electron chi connectivity index (χ2n) is 22.4. The molecule has 0 atom stereocenters. The Hall–Kier alpha value is -5.76. The van der Waals surface area contributed by atoms with E-state index < -0.39 is 0 Å². The van der Waals surface area contributed by atoms with Gasteiger partial charge >= 0.3 is 0 Å². The molecule has 6 aromatic rings. The first-order chi connectivity index (χ1) is 30.1. The van der Waals surface area contributed by atoms with E-state index in [-0.39, 0.29) is 21.7 Å². The lowest BCUT2D eigenvalue weighted by atomic mass is 9.93. The summed E-state index contributed by atoms with van der Waals surface area (Å²) in [5, 5.41) is 3.89. The van der Waals surface area contributed by atoms with Gasteiger partial charge in [0, 0.05) is 67.5 Å². The average molecular weight is 865 g/mol. The molecule has 0 fully saturated rings. The summed E-state index contributed by atoms with van der Waals surface area (Å²) < 4.78 is 25.8. The first-order valence-corrected chi connectivity index (χ1v) is 23.1. The Morgan fingerprint density at radius 3 is 0.969 bits per heavy atom. The van der Waals surface area contributed by atoms with Crippen LogP contribution >= 0.6 is 0 Å². The maximum Gasteiger partial charge on any atom is 0.123 e. The summed E-state index contributed by atoms with van der Waals surface area (Å²) in [7, 11) is 0. The highest BCUT2D eigenvalue weighted by Gasteiger charge is 2.19. The number of fused-ring (bicyclic) bond motifs is 8. The predicted octanol–water partition coefficient (Wildman–Crippen LogP) is 10.7. The number of nitrogens with one attached hydrogen (secondary N) is 4. The second kappa shape index (κ2) is 18.8. The Bertz CT molecular complexity index is 2510. The van der Waals surface area contributed by atoms with E-state index in [4.69, 9.17) is 18.9 Å². The van der Waals surface area contributed by atoms with Crippen LogP contribution < -0.4 is 40.3 Å². The van der Waals surface area contributed by atoms with Gasteiger partial charge in [-0.1, -0.05) is 83.1 Å². The van der Waals surface area contributed by atoms with Crippen LogP contribution in [0.3, 0.4) is 0 Å². The first kappa shape index (κ1) is 46.2. The third-order valence-electron chi connectivity index (χ3n) is 11.4. The fraction of sp³-hybridized carbons (Fsp3) is 0.429. The number of aromatic nitrogens is 4. The maximum absolute atomic E-state index is 6.46. The molecule has 8 heteroatoms. The van der Waals surface area contributed by atoms with Gasteiger partial charge in [-0.2, -0.15) is 0 Å². The zero-order valence-corrected chi connectivity index (χ0v) is 40.5. The number of rotatable bonds is 14. The van der Waals surface area contributed by atoms with Crippen LogP contribution in [0.2, 0.25) is 0 Å². The summed E-state index contributed by atoms with van der Waals surface area (Å²) in [6.07, 6.45) is 8.05. The van der Waals surface area contributed by atoms with E-state index in [1.54, 1.807) is 0 Å². The third kappa shape index (κ3) is 13.1. The molecule has 1 aliphatic heterocycles. The Kier molecular flexibility index (Phi) is 13.6. The SMILES string of the molecule is CC(C)(C)CCOc1cc(OCCC(C)(C)C)cc(C2=c3ccc([nH]3)=Cc3ccc([nH]3)C(c3cc(OCCC(C)(C)C)cc(OCCC(C)(C)C)c3)=c3ccc([nH]3)=Cc3ccc2[nH]3)c1. The fourth-order valence-corrected chi connectivity index (χ4v) is 7.48. The van der Waals surface area contributed by atoms with Crippen molar-refractivity contribution in [1.82, 2.24) is 19.9 Å². The van der Waals surface area contributed by atoms with Gasteiger partial charge < -0.3 is 38.9 Å². The molecule has 4 aromatic heterocycles. The number of ether oxygens (including phenoxy) is 4. The molecule has 8 bridgehead atoms. The summed E-state index contributed by atoms with van der Waals surface area (Å²) in [5.74, 6) is 3.16. The van der Waals surface area contributed by atoms with Gasteiger partial charge in [0.1, 0.15) is 23.0 Å². The molecule has 7 rings (SSSR count). The molecule has 0 saturated heterocycles. The summed E-state index contributed by atoms with van der Waals surface area (Å²) in [5.41, 5.74) is 8.56. The molecule has 5 heterocycles. The maximum atomic E-state index is 6.46. The van der Waals surface area contributed by atoms with Crippen molar-refractivity contribution in [1.29, 1.82) is 0 Å². The number of benzene rings is 2. The highest BCUT2D eigenvalue weighted by atomic mass is 16.5. The van der Waals surface area contributed by atoms with E-state index >= 15 is 0 Å². The molecular weight excluding hydrogens is 793 g/mol. The van der Waals surface area contributed by atoms with Crippen molar-refractivity contribution >= 4 is 23.3 Å². The lowest BCUT2D eigenvalue weighted by Gasteiger charge is -2.20. The molecule has 0 spiro atoms. The minimum Gasteiger partial charge on any atom is -0.493 e. The smallest absolute Gasteiger partial charge is 0.123 e. The molecule has 8 nitrogen and oxygen atoms in total. The van der Waals surface area contributed by atoms with Gasteiger partial charge in [-0.3, -0.25) is 0 Å². The van der Waals surface area contributed by atoms with Gasteiger partial charge in [-0.25, -0.2) is 0 Å². The van der Waals surface area contributed by atoms with Crippen LogP contribution in [0.1, 0.15) is 143 Å². The van der Waals surface area contributed by atoms with E-state index in [1.807, 2.05) is 12.1 Å². The van der Waals surface area contributed by atoms with Crippen LogP contribution in [0.4, 0.5) is 0 Å². The Labute approximate surface area is 380 Å². The number of aromatic amines is 4. The van der Waals surface area contributed by atoms with Crippen LogP contribution in [0.25, 0.3) is 23.3 Å². The second-order valence-corrected chi connectivity index (χ2v) is 22.4. The molecular formula is C56H72N4O4. The largest absolute Gasteiger partial charge is 0.493 e. The van der Waals surface area contributed by atoms with Crippen molar-refractivity contribution in [3.63, 3.8) is 0 Å². The molecule has 340 valence electrons. The molecule has 4 N–H and O–H groups in total. The van der Waals surface area contributed by atoms with Crippen molar-refractivity contribution in [2.45, 2.75) is 109 Å². The summed E-state index contributed by atoms with van der Waals surface area (Å²) >= 11 is 0. The van der Waals surface area contributed by atoms with Crippen molar-refractivity contribution in [3.05, 3.63) is 140 Å². The van der Waals surface area contributed by atoms with Gasteiger partial charge in [0.2, 0.25) is 0 Å². The van der Waals surface area contributed by atoms with Gasteiger partial charge in [0.25, 0.3) is 0 Å². The number of hydrogen-bond donors (Lipinski definition) is 4. The van der Waals surface area contributed by atoms with Crippen LogP contribution in [0.15, 0.2) is 84.9 Å². The highest BCUT2D eigenvalue weighted by molar-refractivity contribution is 5.81. The van der Waals surface area contributed by atoms with E-state index in [2.05, 4.69) is 188 Å². The highest BCUT2D eigenvalue weighted by Crippen LogP contribution is 2.33. The number of hydrogen-bond acceptors (Lipinski definition) is 4. The zero-order chi connectivity index (χ0) is 45.9. The Morgan fingerprint density at radius 2 is 0.672 bits per heavy atom. The Morgan fingerprint density at radius 1 is 0.359 bits per heavy atom. The fourth-order valence-electron chi connectivity index (χ4n) is 7.48. The lowest BCUT2D eigenvalue weighted by molar-refractivity contribution is 0.233. The predicted molar refractivity (Wildman–Crippen MR) is 263 cm³/mol. The van der Waals surface area contributed by atoms with Crippen molar-refractivity contribution in [2.24, 2.45) is 21.7 Å². The lowest BCUT2D eigenvalue weighted by Crippen LogP contribution is -2.16. The van der Waals surface area contributed by atoms with E-state index in [9.17, 15) is 0 Å². The van der Waals surface area contributed by atoms with Gasteiger partial charge in [0.05, 0.1) is 26.4 Å². The molecule has 0 aliphatic carbocycles. The van der Waals surface area contributed by atoms with Crippen LogP contribution in [-0.2, 0) is 0 Å². The minimum atomic E-state index is 0.158. The summed E-state index contributed by atoms with van der Waals surface area (Å²) in [6, 6.07) is 29.8. The van der Waals surface area contributed by atoms with Crippen molar-refractivity contribution in [2.75, 3.05) is 26.4 Å². The van der Waals surface area contributed by atoms with E-state index in [0.29, 0.717) is 26.4 Å². The molecule has 64 heavy (non-hydrogen) atoms.